The molecule has 0 aliphatic carbocycles. The van der Waals surface area contributed by atoms with E-state index in [1.165, 1.54) is 5.56 Å². The Hall–Kier alpha value is -3.35. The van der Waals surface area contributed by atoms with Gasteiger partial charge in [0.05, 0.1) is 6.54 Å². The van der Waals surface area contributed by atoms with Crippen molar-refractivity contribution in [3.63, 3.8) is 0 Å². The zero-order chi connectivity index (χ0) is 21.6. The largest absolute Gasteiger partial charge is 0.480 e. The fourth-order valence-electron chi connectivity index (χ4n) is 2.68. The standard InChI is InChI=1S/C22H27N3O4/c1-13(2)20(22(28)29)25-21(27)16-6-9-17(10-7-16)24-19(26)12-23-18-8-5-14(3)15(4)11-18/h5-11,13,20,23H,12H2,1-4H3,(H,24,26)(H,25,27)(H,28,29). The highest BCUT2D eigenvalue weighted by Crippen LogP contribution is 2.14. The predicted molar refractivity (Wildman–Crippen MR) is 113 cm³/mol. The Morgan fingerprint density at radius 1 is 0.931 bits per heavy atom. The monoisotopic (exact) mass is 397 g/mol. The molecule has 1 unspecified atom stereocenters. The summed E-state index contributed by atoms with van der Waals surface area (Å²) >= 11 is 0. The van der Waals surface area contributed by atoms with E-state index in [1.807, 2.05) is 32.0 Å². The van der Waals surface area contributed by atoms with E-state index in [9.17, 15) is 19.5 Å². The summed E-state index contributed by atoms with van der Waals surface area (Å²) in [5.74, 6) is -2.00. The number of rotatable bonds is 8. The third-order valence-corrected chi connectivity index (χ3v) is 4.61. The Morgan fingerprint density at radius 3 is 2.10 bits per heavy atom. The van der Waals surface area contributed by atoms with Crippen molar-refractivity contribution in [3.05, 3.63) is 59.2 Å². The normalized spacial score (nSPS) is 11.6. The maximum Gasteiger partial charge on any atom is 0.326 e. The number of hydrogen-bond donors (Lipinski definition) is 4. The number of aliphatic carboxylic acids is 1. The van der Waals surface area contributed by atoms with Gasteiger partial charge in [-0.25, -0.2) is 4.79 Å². The van der Waals surface area contributed by atoms with Gasteiger partial charge in [0.2, 0.25) is 5.91 Å². The van der Waals surface area contributed by atoms with Crippen LogP contribution in [0.1, 0.15) is 35.3 Å². The van der Waals surface area contributed by atoms with Gasteiger partial charge < -0.3 is 21.1 Å². The van der Waals surface area contributed by atoms with Crippen LogP contribution in [0.2, 0.25) is 0 Å². The zero-order valence-corrected chi connectivity index (χ0v) is 17.1. The topological polar surface area (TPSA) is 108 Å². The minimum Gasteiger partial charge on any atom is -0.480 e. The average Bonchev–Trinajstić information content (AvgIpc) is 2.67. The van der Waals surface area contributed by atoms with Crippen LogP contribution < -0.4 is 16.0 Å². The lowest BCUT2D eigenvalue weighted by Gasteiger charge is -2.18. The molecule has 7 heteroatoms. The summed E-state index contributed by atoms with van der Waals surface area (Å²) < 4.78 is 0. The van der Waals surface area contributed by atoms with Gasteiger partial charge >= 0.3 is 5.97 Å². The summed E-state index contributed by atoms with van der Waals surface area (Å²) in [7, 11) is 0. The first-order valence-electron chi connectivity index (χ1n) is 9.42. The lowest BCUT2D eigenvalue weighted by molar-refractivity contribution is -0.140. The van der Waals surface area contributed by atoms with E-state index >= 15 is 0 Å². The Morgan fingerprint density at radius 2 is 1.55 bits per heavy atom. The number of nitrogens with one attached hydrogen (secondary N) is 3. The second kappa shape index (κ2) is 9.73. The van der Waals surface area contributed by atoms with Crippen molar-refractivity contribution in [1.29, 1.82) is 0 Å². The highest BCUT2D eigenvalue weighted by Gasteiger charge is 2.23. The Balaban J connectivity index is 1.90. The van der Waals surface area contributed by atoms with Crippen molar-refractivity contribution < 1.29 is 19.5 Å². The molecule has 2 aromatic rings. The maximum atomic E-state index is 12.2. The molecule has 4 N–H and O–H groups in total. The molecule has 0 aliphatic rings. The first kappa shape index (κ1) is 21.9. The highest BCUT2D eigenvalue weighted by atomic mass is 16.4. The second-order valence-electron chi connectivity index (χ2n) is 7.31. The Bertz CT molecular complexity index is 891. The number of amides is 2. The van der Waals surface area contributed by atoms with Gasteiger partial charge in [-0.05, 0) is 67.3 Å². The molecule has 154 valence electrons. The molecule has 0 heterocycles. The fraction of sp³-hybridized carbons (Fsp3) is 0.318. The number of anilines is 2. The molecule has 2 amide bonds. The Kier molecular flexibility index (Phi) is 7.36. The molecular formula is C22H27N3O4. The van der Waals surface area contributed by atoms with Crippen LogP contribution in [0.3, 0.4) is 0 Å². The molecule has 7 nitrogen and oxygen atoms in total. The van der Waals surface area contributed by atoms with E-state index in [1.54, 1.807) is 38.1 Å². The first-order valence-corrected chi connectivity index (χ1v) is 9.42. The van der Waals surface area contributed by atoms with Crippen molar-refractivity contribution in [2.75, 3.05) is 17.2 Å². The van der Waals surface area contributed by atoms with Crippen LogP contribution in [0.4, 0.5) is 11.4 Å². The molecular weight excluding hydrogens is 370 g/mol. The average molecular weight is 397 g/mol. The third kappa shape index (κ3) is 6.34. The van der Waals surface area contributed by atoms with Gasteiger partial charge in [-0.2, -0.15) is 0 Å². The lowest BCUT2D eigenvalue weighted by atomic mass is 10.0. The molecule has 2 rings (SSSR count). The molecule has 0 aliphatic heterocycles. The van der Waals surface area contributed by atoms with E-state index < -0.39 is 17.9 Å². The molecule has 29 heavy (non-hydrogen) atoms. The van der Waals surface area contributed by atoms with E-state index in [0.717, 1.165) is 11.3 Å². The smallest absolute Gasteiger partial charge is 0.326 e. The number of carboxylic acids is 1. The summed E-state index contributed by atoms with van der Waals surface area (Å²) in [6.07, 6.45) is 0. The molecule has 0 saturated heterocycles. The lowest BCUT2D eigenvalue weighted by Crippen LogP contribution is -2.44. The molecule has 0 fully saturated rings. The minimum atomic E-state index is -1.08. The van der Waals surface area contributed by atoms with Crippen LogP contribution in [0.5, 0.6) is 0 Å². The highest BCUT2D eigenvalue weighted by molar-refractivity contribution is 5.98. The summed E-state index contributed by atoms with van der Waals surface area (Å²) in [6.45, 7) is 7.60. The van der Waals surface area contributed by atoms with Gasteiger partial charge in [0.15, 0.2) is 0 Å². The number of hydrogen-bond acceptors (Lipinski definition) is 4. The quantitative estimate of drug-likeness (QED) is 0.547. The van der Waals surface area contributed by atoms with E-state index in [0.29, 0.717) is 11.3 Å². The van der Waals surface area contributed by atoms with Crippen LogP contribution in [-0.4, -0.2) is 35.5 Å². The van der Waals surface area contributed by atoms with Crippen LogP contribution in [0, 0.1) is 19.8 Å². The van der Waals surface area contributed by atoms with E-state index in [4.69, 9.17) is 0 Å². The molecule has 0 aromatic heterocycles. The minimum absolute atomic E-state index is 0.111. The molecule has 0 saturated carbocycles. The number of carbonyl (C=O) groups is 3. The van der Waals surface area contributed by atoms with Crippen LogP contribution >= 0.6 is 0 Å². The fourth-order valence-corrected chi connectivity index (χ4v) is 2.68. The van der Waals surface area contributed by atoms with Crippen molar-refractivity contribution in [3.8, 4) is 0 Å². The van der Waals surface area contributed by atoms with Crippen LogP contribution in [-0.2, 0) is 9.59 Å². The van der Waals surface area contributed by atoms with Gasteiger partial charge in [-0.3, -0.25) is 9.59 Å². The summed E-state index contributed by atoms with van der Waals surface area (Å²) in [6, 6.07) is 11.2. The summed E-state index contributed by atoms with van der Waals surface area (Å²) in [4.78, 5) is 35.6. The molecule has 2 aromatic carbocycles. The number of aryl methyl sites for hydroxylation is 2. The van der Waals surface area contributed by atoms with Crippen molar-refractivity contribution in [1.82, 2.24) is 5.32 Å². The van der Waals surface area contributed by atoms with Crippen LogP contribution in [0.15, 0.2) is 42.5 Å². The van der Waals surface area contributed by atoms with Crippen LogP contribution in [0.25, 0.3) is 0 Å². The van der Waals surface area contributed by atoms with Crippen molar-refractivity contribution in [2.24, 2.45) is 5.92 Å². The first-order chi connectivity index (χ1) is 13.7. The summed E-state index contributed by atoms with van der Waals surface area (Å²) in [5.41, 5.74) is 4.07. The summed E-state index contributed by atoms with van der Waals surface area (Å²) in [5, 5.41) is 17.5. The predicted octanol–water partition coefficient (Wildman–Crippen LogP) is 3.19. The van der Waals surface area contributed by atoms with Gasteiger partial charge in [-0.15, -0.1) is 0 Å². The number of carboxylic acid groups (broad SMARTS) is 1. The number of carbonyl (C=O) groups excluding carboxylic acids is 2. The molecule has 0 spiro atoms. The van der Waals surface area contributed by atoms with E-state index in [-0.39, 0.29) is 18.4 Å². The molecule has 0 radical (unpaired) electrons. The second-order valence-corrected chi connectivity index (χ2v) is 7.31. The van der Waals surface area contributed by atoms with Crippen molar-refractivity contribution >= 4 is 29.2 Å². The zero-order valence-electron chi connectivity index (χ0n) is 17.1. The Labute approximate surface area is 170 Å². The van der Waals surface area contributed by atoms with Gasteiger partial charge in [0.25, 0.3) is 5.91 Å². The molecule has 1 atom stereocenters. The SMILES string of the molecule is Cc1ccc(NCC(=O)Nc2ccc(C(=O)NC(C(=O)O)C(C)C)cc2)cc1C. The van der Waals surface area contributed by atoms with E-state index in [2.05, 4.69) is 16.0 Å². The maximum absolute atomic E-state index is 12.2. The van der Waals surface area contributed by atoms with Crippen molar-refractivity contribution in [2.45, 2.75) is 33.7 Å². The van der Waals surface area contributed by atoms with Gasteiger partial charge in [0.1, 0.15) is 6.04 Å². The van der Waals surface area contributed by atoms with Gasteiger partial charge in [-0.1, -0.05) is 19.9 Å². The third-order valence-electron chi connectivity index (χ3n) is 4.61. The number of benzene rings is 2. The molecule has 0 bridgehead atoms. The van der Waals surface area contributed by atoms with Gasteiger partial charge in [0, 0.05) is 16.9 Å².